The minimum absolute atomic E-state index is 0.135. The number of hydrogen-bond donors (Lipinski definition) is 0. The van der Waals surface area contributed by atoms with Gasteiger partial charge in [0.2, 0.25) is 0 Å². The number of nitrogens with zero attached hydrogens (tertiary/aromatic N) is 1. The average molecular weight is 392 g/mol. The fraction of sp³-hybridized carbons (Fsp3) is 0.333. The van der Waals surface area contributed by atoms with Crippen LogP contribution in [0.25, 0.3) is 0 Å². The van der Waals surface area contributed by atoms with E-state index in [1.165, 1.54) is 24.0 Å². The fourth-order valence-electron chi connectivity index (χ4n) is 5.00. The highest BCUT2D eigenvalue weighted by Crippen LogP contribution is 2.46. The summed E-state index contributed by atoms with van der Waals surface area (Å²) in [4.78, 5) is 0.365. The Morgan fingerprint density at radius 3 is 2.43 bits per heavy atom. The van der Waals surface area contributed by atoms with E-state index in [9.17, 15) is 8.42 Å². The van der Waals surface area contributed by atoms with Crippen LogP contribution >= 0.6 is 0 Å². The summed E-state index contributed by atoms with van der Waals surface area (Å²) in [5.41, 5.74) is 5.94. The van der Waals surface area contributed by atoms with Crippen molar-refractivity contribution in [2.75, 3.05) is 4.31 Å². The van der Waals surface area contributed by atoms with Crippen molar-refractivity contribution in [3.63, 3.8) is 0 Å². The Hall–Kier alpha value is -2.33. The third-order valence-corrected chi connectivity index (χ3v) is 8.24. The van der Waals surface area contributed by atoms with Gasteiger partial charge in [0.15, 0.2) is 0 Å². The molecule has 2 aromatic rings. The summed E-state index contributed by atoms with van der Waals surface area (Å²) >= 11 is 0. The normalized spacial score (nSPS) is 23.8. The zero-order valence-electron chi connectivity index (χ0n) is 16.1. The minimum atomic E-state index is -3.63. The quantitative estimate of drug-likeness (QED) is 0.708. The van der Waals surface area contributed by atoms with E-state index in [-0.39, 0.29) is 12.0 Å². The Morgan fingerprint density at radius 1 is 0.964 bits per heavy atom. The molecule has 0 spiro atoms. The molecule has 5 rings (SSSR count). The van der Waals surface area contributed by atoms with Gasteiger partial charge < -0.3 is 0 Å². The molecule has 0 unspecified atom stereocenters. The molecule has 4 heteroatoms. The molecule has 1 saturated carbocycles. The van der Waals surface area contributed by atoms with Crippen LogP contribution in [0.1, 0.15) is 36.8 Å². The van der Waals surface area contributed by atoms with Crippen molar-refractivity contribution in [2.45, 2.75) is 50.0 Å². The number of sulfonamides is 1. The molecule has 3 nitrogen and oxygen atoms in total. The Labute approximate surface area is 167 Å². The van der Waals surface area contributed by atoms with Crippen LogP contribution in [0, 0.1) is 12.8 Å². The maximum atomic E-state index is 13.7. The van der Waals surface area contributed by atoms with Crippen LogP contribution in [-0.4, -0.2) is 14.5 Å². The molecule has 28 heavy (non-hydrogen) atoms. The lowest BCUT2D eigenvalue weighted by Crippen LogP contribution is -2.46. The van der Waals surface area contributed by atoms with Gasteiger partial charge in [-0.1, -0.05) is 53.6 Å². The zero-order chi connectivity index (χ0) is 19.3. The molecule has 0 N–H and O–H groups in total. The number of para-hydroxylation sites is 1. The number of hydrogen-bond acceptors (Lipinski definition) is 2. The Balaban J connectivity index is 1.65. The van der Waals surface area contributed by atoms with Crippen molar-refractivity contribution < 1.29 is 8.42 Å². The number of allylic oxidation sites excluding steroid dienone is 2. The molecule has 1 aliphatic heterocycles. The lowest BCUT2D eigenvalue weighted by molar-refractivity contribution is 0.524. The van der Waals surface area contributed by atoms with Gasteiger partial charge in [-0.25, -0.2) is 8.42 Å². The van der Waals surface area contributed by atoms with E-state index >= 15 is 0 Å². The van der Waals surface area contributed by atoms with Crippen LogP contribution in [0.2, 0.25) is 0 Å². The average Bonchev–Trinajstić information content (AvgIpc) is 3.35. The first-order valence-corrected chi connectivity index (χ1v) is 11.6. The summed E-state index contributed by atoms with van der Waals surface area (Å²) < 4.78 is 29.1. The summed E-state index contributed by atoms with van der Waals surface area (Å²) in [6.07, 6.45) is 10.1. The SMILES string of the molecule is Cc1ccc(S(=O)(=O)N2c3ccccc3C[C@H]3C(=C4CCCC4)C=C[C@H]32)cc1. The van der Waals surface area contributed by atoms with Gasteiger partial charge >= 0.3 is 0 Å². The molecular formula is C24H25NO2S. The van der Waals surface area contributed by atoms with Gasteiger partial charge in [-0.3, -0.25) is 4.31 Å². The summed E-state index contributed by atoms with van der Waals surface area (Å²) in [7, 11) is -3.63. The molecule has 2 aromatic carbocycles. The van der Waals surface area contributed by atoms with Crippen molar-refractivity contribution in [1.82, 2.24) is 0 Å². The molecule has 1 fully saturated rings. The topological polar surface area (TPSA) is 37.4 Å². The van der Waals surface area contributed by atoms with E-state index in [4.69, 9.17) is 0 Å². The second-order valence-corrected chi connectivity index (χ2v) is 9.98. The monoisotopic (exact) mass is 391 g/mol. The lowest BCUT2D eigenvalue weighted by Gasteiger charge is -2.40. The summed E-state index contributed by atoms with van der Waals surface area (Å²) in [5.74, 6) is 0.225. The number of rotatable bonds is 2. The van der Waals surface area contributed by atoms with E-state index in [1.54, 1.807) is 16.4 Å². The molecule has 1 heterocycles. The van der Waals surface area contributed by atoms with Gasteiger partial charge in [0.1, 0.15) is 0 Å². The maximum absolute atomic E-state index is 13.7. The van der Waals surface area contributed by atoms with Crippen molar-refractivity contribution in [2.24, 2.45) is 5.92 Å². The van der Waals surface area contributed by atoms with Crippen LogP contribution in [0.15, 0.2) is 76.7 Å². The highest BCUT2D eigenvalue weighted by molar-refractivity contribution is 7.92. The van der Waals surface area contributed by atoms with E-state index in [1.807, 2.05) is 37.3 Å². The van der Waals surface area contributed by atoms with Gasteiger partial charge in [0.05, 0.1) is 16.6 Å². The van der Waals surface area contributed by atoms with E-state index in [0.717, 1.165) is 36.1 Å². The standard InChI is InChI=1S/C24H25NO2S/c1-17-10-12-20(13-11-17)28(26,27)25-23-9-5-4-8-19(23)16-22-21(14-15-24(22)25)18-6-2-3-7-18/h4-5,8-15,22,24H,2-3,6-7,16H2,1H3/t22-,24+/m0/s1. The highest BCUT2D eigenvalue weighted by atomic mass is 32.2. The molecule has 0 aromatic heterocycles. The van der Waals surface area contributed by atoms with Gasteiger partial charge in [0, 0.05) is 5.92 Å². The molecule has 2 aliphatic carbocycles. The van der Waals surface area contributed by atoms with Crippen LogP contribution in [0.3, 0.4) is 0 Å². The number of aryl methyl sites for hydroxylation is 1. The molecule has 0 radical (unpaired) electrons. The minimum Gasteiger partial charge on any atom is -0.259 e. The Bertz CT molecular complexity index is 1070. The fourth-order valence-corrected chi connectivity index (χ4v) is 6.68. The summed E-state index contributed by atoms with van der Waals surface area (Å²) in [6, 6.07) is 15.0. The third-order valence-electron chi connectivity index (χ3n) is 6.42. The predicted octanol–water partition coefficient (Wildman–Crippen LogP) is 5.17. The van der Waals surface area contributed by atoms with Crippen molar-refractivity contribution in [1.29, 1.82) is 0 Å². The Morgan fingerprint density at radius 2 is 1.68 bits per heavy atom. The predicted molar refractivity (Wildman–Crippen MR) is 113 cm³/mol. The first kappa shape index (κ1) is 17.7. The second-order valence-electron chi connectivity index (χ2n) is 8.17. The van der Waals surface area contributed by atoms with E-state index in [0.29, 0.717) is 4.90 Å². The van der Waals surface area contributed by atoms with Gasteiger partial charge in [-0.05, 0) is 68.4 Å². The van der Waals surface area contributed by atoms with Crippen LogP contribution in [0.5, 0.6) is 0 Å². The first-order valence-electron chi connectivity index (χ1n) is 10.1. The van der Waals surface area contributed by atoms with E-state index < -0.39 is 10.0 Å². The molecule has 2 atom stereocenters. The smallest absolute Gasteiger partial charge is 0.259 e. The molecule has 0 amide bonds. The second kappa shape index (κ2) is 6.63. The summed E-state index contributed by atoms with van der Waals surface area (Å²) in [6.45, 7) is 1.97. The molecular weight excluding hydrogens is 366 g/mol. The van der Waals surface area contributed by atoms with Crippen molar-refractivity contribution in [3.05, 3.63) is 83.0 Å². The van der Waals surface area contributed by atoms with Crippen LogP contribution in [-0.2, 0) is 16.4 Å². The molecule has 144 valence electrons. The van der Waals surface area contributed by atoms with Crippen molar-refractivity contribution >= 4 is 15.7 Å². The largest absolute Gasteiger partial charge is 0.264 e. The lowest BCUT2D eigenvalue weighted by atomic mass is 9.84. The first-order chi connectivity index (χ1) is 13.6. The molecule has 0 bridgehead atoms. The highest BCUT2D eigenvalue weighted by Gasteiger charge is 2.43. The number of fused-ring (bicyclic) bond motifs is 2. The van der Waals surface area contributed by atoms with Gasteiger partial charge in [0.25, 0.3) is 10.0 Å². The van der Waals surface area contributed by atoms with Gasteiger partial charge in [-0.15, -0.1) is 0 Å². The van der Waals surface area contributed by atoms with Crippen molar-refractivity contribution in [3.8, 4) is 0 Å². The van der Waals surface area contributed by atoms with Gasteiger partial charge in [-0.2, -0.15) is 0 Å². The van der Waals surface area contributed by atoms with Crippen LogP contribution < -0.4 is 4.31 Å². The van der Waals surface area contributed by atoms with Crippen LogP contribution in [0.4, 0.5) is 5.69 Å². The third kappa shape index (κ3) is 2.74. The Kier molecular flexibility index (Phi) is 4.20. The molecule has 3 aliphatic rings. The maximum Gasteiger partial charge on any atom is 0.264 e. The molecule has 0 saturated heterocycles. The number of anilines is 1. The zero-order valence-corrected chi connectivity index (χ0v) is 17.0. The van der Waals surface area contributed by atoms with E-state index in [2.05, 4.69) is 18.2 Å². The summed E-state index contributed by atoms with van der Waals surface area (Å²) in [5, 5.41) is 0. The number of benzene rings is 2.